The van der Waals surface area contributed by atoms with Crippen LogP contribution in [0.2, 0.25) is 0 Å². The van der Waals surface area contributed by atoms with Crippen LogP contribution in [0.25, 0.3) is 5.69 Å². The number of rotatable bonds is 8. The zero-order chi connectivity index (χ0) is 21.8. The minimum Gasteiger partial charge on any atom is -0.494 e. The van der Waals surface area contributed by atoms with Gasteiger partial charge in [0.25, 0.3) is 0 Å². The number of methoxy groups -OCH3 is 1. The van der Waals surface area contributed by atoms with E-state index in [9.17, 15) is 9.59 Å². The third-order valence-corrected chi connectivity index (χ3v) is 5.60. The van der Waals surface area contributed by atoms with E-state index in [4.69, 9.17) is 9.47 Å². The number of carbonyl (C=O) groups is 2. The Morgan fingerprint density at radius 3 is 2.70 bits per heavy atom. The summed E-state index contributed by atoms with van der Waals surface area (Å²) >= 11 is 1.22. The number of hydrogen-bond acceptors (Lipinski definition) is 8. The first-order valence-corrected chi connectivity index (χ1v) is 10.3. The van der Waals surface area contributed by atoms with E-state index in [1.165, 1.54) is 16.4 Å². The van der Waals surface area contributed by atoms with Crippen LogP contribution in [0.4, 0.5) is 0 Å². The normalized spacial score (nSPS) is 11.9. The molecular formula is C20H23N5O4S. The summed E-state index contributed by atoms with van der Waals surface area (Å²) in [6.45, 7) is 7.26. The van der Waals surface area contributed by atoms with Gasteiger partial charge in [0.05, 0.1) is 30.2 Å². The molecule has 0 aliphatic heterocycles. The third kappa shape index (κ3) is 4.09. The average Bonchev–Trinajstić information content (AvgIpc) is 3.31. The van der Waals surface area contributed by atoms with Crippen molar-refractivity contribution in [3.63, 3.8) is 0 Å². The number of aromatic nitrogens is 5. The van der Waals surface area contributed by atoms with E-state index in [1.54, 1.807) is 34.8 Å². The largest absolute Gasteiger partial charge is 0.494 e. The van der Waals surface area contributed by atoms with Crippen LogP contribution in [-0.4, -0.2) is 55.9 Å². The van der Waals surface area contributed by atoms with E-state index >= 15 is 0 Å². The topological polar surface area (TPSA) is 112 Å². The van der Waals surface area contributed by atoms with Gasteiger partial charge in [-0.3, -0.25) is 4.79 Å². The lowest BCUT2D eigenvalue weighted by Gasteiger charge is -2.12. The van der Waals surface area contributed by atoms with Crippen LogP contribution in [0.5, 0.6) is 5.75 Å². The molecule has 2 heterocycles. The van der Waals surface area contributed by atoms with Crippen LogP contribution in [0.15, 0.2) is 29.4 Å². The standard InChI is InChI=1S/C20H23N5O4S/c1-6-29-19(27)16-11(2)17(21-12(16)3)18(26)13(4)30-20-22-23-24-25(20)14-9-7-8-10-15(14)28-5/h7-10,13,21H,6H2,1-5H3. The molecule has 0 aliphatic carbocycles. The predicted molar refractivity (Wildman–Crippen MR) is 112 cm³/mol. The number of H-pyrrole nitrogens is 1. The quantitative estimate of drug-likeness (QED) is 0.330. The van der Waals surface area contributed by atoms with Crippen LogP contribution in [0, 0.1) is 13.8 Å². The van der Waals surface area contributed by atoms with Crippen LogP contribution in [0.3, 0.4) is 0 Å². The Bertz CT molecular complexity index is 1080. The molecule has 3 aromatic rings. The molecule has 158 valence electrons. The van der Waals surface area contributed by atoms with Crippen molar-refractivity contribution in [1.82, 2.24) is 25.2 Å². The summed E-state index contributed by atoms with van der Waals surface area (Å²) < 4.78 is 12.0. The highest BCUT2D eigenvalue weighted by molar-refractivity contribution is 8.00. The van der Waals surface area contributed by atoms with E-state index in [2.05, 4.69) is 20.5 Å². The van der Waals surface area contributed by atoms with Crippen molar-refractivity contribution in [2.75, 3.05) is 13.7 Å². The molecule has 1 N–H and O–H groups in total. The molecule has 1 atom stereocenters. The van der Waals surface area contributed by atoms with Gasteiger partial charge in [0, 0.05) is 5.69 Å². The van der Waals surface area contributed by atoms with Gasteiger partial charge in [-0.05, 0) is 55.8 Å². The maximum absolute atomic E-state index is 13.1. The molecule has 10 heteroatoms. The number of nitrogens with zero attached hydrogens (tertiary/aromatic N) is 4. The first-order valence-electron chi connectivity index (χ1n) is 9.37. The molecule has 0 fully saturated rings. The van der Waals surface area contributed by atoms with E-state index in [0.717, 1.165) is 0 Å². The fourth-order valence-corrected chi connectivity index (χ4v) is 3.99. The third-order valence-electron chi connectivity index (χ3n) is 4.57. The smallest absolute Gasteiger partial charge is 0.340 e. The fraction of sp³-hybridized carbons (Fsp3) is 0.350. The highest BCUT2D eigenvalue weighted by Crippen LogP contribution is 2.30. The van der Waals surface area contributed by atoms with Crippen molar-refractivity contribution in [1.29, 1.82) is 0 Å². The first-order chi connectivity index (χ1) is 14.4. The summed E-state index contributed by atoms with van der Waals surface area (Å²) in [5, 5.41) is 11.8. The molecule has 2 aromatic heterocycles. The second-order valence-electron chi connectivity index (χ2n) is 6.51. The lowest BCUT2D eigenvalue weighted by Crippen LogP contribution is -2.16. The summed E-state index contributed by atoms with van der Waals surface area (Å²) in [7, 11) is 1.57. The number of thioether (sulfide) groups is 1. The minimum atomic E-state index is -0.503. The maximum atomic E-state index is 13.1. The summed E-state index contributed by atoms with van der Waals surface area (Å²) in [4.78, 5) is 28.3. The maximum Gasteiger partial charge on any atom is 0.340 e. The Balaban J connectivity index is 1.86. The van der Waals surface area contributed by atoms with Gasteiger partial charge in [0.2, 0.25) is 5.16 Å². The summed E-state index contributed by atoms with van der Waals surface area (Å²) in [6, 6.07) is 7.34. The molecular weight excluding hydrogens is 406 g/mol. The van der Waals surface area contributed by atoms with E-state index < -0.39 is 11.2 Å². The van der Waals surface area contributed by atoms with Crippen LogP contribution < -0.4 is 4.74 Å². The average molecular weight is 430 g/mol. The lowest BCUT2D eigenvalue weighted by molar-refractivity contribution is 0.0525. The summed E-state index contributed by atoms with van der Waals surface area (Å²) in [5.41, 5.74) is 2.63. The number of hydrogen-bond donors (Lipinski definition) is 1. The Morgan fingerprint density at radius 1 is 1.27 bits per heavy atom. The van der Waals surface area contributed by atoms with E-state index in [1.807, 2.05) is 24.3 Å². The van der Waals surface area contributed by atoms with Crippen molar-refractivity contribution in [2.24, 2.45) is 0 Å². The van der Waals surface area contributed by atoms with Gasteiger partial charge in [-0.15, -0.1) is 5.10 Å². The molecule has 1 aromatic carbocycles. The van der Waals surface area contributed by atoms with Gasteiger partial charge < -0.3 is 14.5 Å². The van der Waals surface area contributed by atoms with Gasteiger partial charge in [-0.25, -0.2) is 4.79 Å². The molecule has 0 aliphatic rings. The highest BCUT2D eigenvalue weighted by Gasteiger charge is 2.27. The Hall–Kier alpha value is -3.14. The second-order valence-corrected chi connectivity index (χ2v) is 7.82. The van der Waals surface area contributed by atoms with Gasteiger partial charge in [-0.2, -0.15) is 4.68 Å². The Morgan fingerprint density at radius 2 is 2.00 bits per heavy atom. The van der Waals surface area contributed by atoms with Crippen LogP contribution in [-0.2, 0) is 4.74 Å². The van der Waals surface area contributed by atoms with Crippen LogP contribution in [0.1, 0.15) is 46.0 Å². The number of nitrogens with one attached hydrogen (secondary N) is 1. The molecule has 0 radical (unpaired) electrons. The van der Waals surface area contributed by atoms with Crippen LogP contribution >= 0.6 is 11.8 Å². The number of benzene rings is 1. The number of tetrazole rings is 1. The molecule has 30 heavy (non-hydrogen) atoms. The molecule has 3 rings (SSSR count). The van der Waals surface area contributed by atoms with Crippen molar-refractivity contribution in [3.8, 4) is 11.4 Å². The minimum absolute atomic E-state index is 0.161. The van der Waals surface area contributed by atoms with Gasteiger partial charge in [-0.1, -0.05) is 23.9 Å². The number of aromatic amines is 1. The Labute approximate surface area is 178 Å². The van der Waals surface area contributed by atoms with Gasteiger partial charge in [0.1, 0.15) is 11.4 Å². The number of Topliss-reactive ketones (excluding diaryl/α,β-unsaturated/α-hetero) is 1. The van der Waals surface area contributed by atoms with Gasteiger partial charge in [0.15, 0.2) is 5.78 Å². The molecule has 0 saturated carbocycles. The Kier molecular flexibility index (Phi) is 6.56. The molecule has 0 amide bonds. The molecule has 0 spiro atoms. The van der Waals surface area contributed by atoms with Crippen molar-refractivity contribution in [3.05, 3.63) is 46.8 Å². The van der Waals surface area contributed by atoms with Crippen molar-refractivity contribution in [2.45, 2.75) is 38.1 Å². The van der Waals surface area contributed by atoms with E-state index in [-0.39, 0.29) is 12.4 Å². The number of para-hydroxylation sites is 2. The predicted octanol–water partition coefficient (Wildman–Crippen LogP) is 3.16. The van der Waals surface area contributed by atoms with Crippen molar-refractivity contribution < 1.29 is 19.1 Å². The molecule has 9 nitrogen and oxygen atoms in total. The zero-order valence-corrected chi connectivity index (χ0v) is 18.2. The monoisotopic (exact) mass is 429 g/mol. The summed E-state index contributed by atoms with van der Waals surface area (Å²) in [6.07, 6.45) is 0. The SMILES string of the molecule is CCOC(=O)c1c(C)[nH]c(C(=O)C(C)Sc2nnnn2-c2ccccc2OC)c1C. The molecule has 0 saturated heterocycles. The number of aryl methyl sites for hydroxylation is 1. The second kappa shape index (κ2) is 9.12. The first kappa shape index (κ1) is 21.6. The highest BCUT2D eigenvalue weighted by atomic mass is 32.2. The fourth-order valence-electron chi connectivity index (χ4n) is 3.13. The van der Waals surface area contributed by atoms with E-state index in [0.29, 0.717) is 39.1 Å². The molecule has 0 bridgehead atoms. The number of ether oxygens (including phenoxy) is 2. The summed E-state index contributed by atoms with van der Waals surface area (Å²) in [5.74, 6) is 0.00879. The van der Waals surface area contributed by atoms with Gasteiger partial charge >= 0.3 is 5.97 Å². The lowest BCUT2D eigenvalue weighted by atomic mass is 10.1. The number of ketones is 1. The number of carbonyl (C=O) groups excluding carboxylic acids is 2. The number of esters is 1. The van der Waals surface area contributed by atoms with Crippen molar-refractivity contribution >= 4 is 23.5 Å². The molecule has 1 unspecified atom stereocenters. The zero-order valence-electron chi connectivity index (χ0n) is 17.4.